The molecule has 0 N–H and O–H groups in total. The van der Waals surface area contributed by atoms with Crippen LogP contribution in [0.25, 0.3) is 11.0 Å². The molecular formula is C23H24O3. The largest absolute Gasteiger partial charge is 0.489 e. The van der Waals surface area contributed by atoms with Gasteiger partial charge in [0.2, 0.25) is 0 Å². The summed E-state index contributed by atoms with van der Waals surface area (Å²) in [7, 11) is 0. The first-order valence-corrected chi connectivity index (χ1v) is 8.82. The van der Waals surface area contributed by atoms with Gasteiger partial charge in [-0.2, -0.15) is 0 Å². The van der Waals surface area contributed by atoms with E-state index in [0.717, 1.165) is 27.8 Å². The van der Waals surface area contributed by atoms with Crippen molar-refractivity contribution in [2.75, 3.05) is 6.61 Å². The van der Waals surface area contributed by atoms with E-state index in [0.29, 0.717) is 24.2 Å². The second-order valence-electron chi connectivity index (χ2n) is 6.88. The Balaban J connectivity index is 2.12. The zero-order chi connectivity index (χ0) is 18.7. The van der Waals surface area contributed by atoms with Gasteiger partial charge in [0.25, 0.3) is 0 Å². The molecule has 1 heterocycles. The zero-order valence-corrected chi connectivity index (χ0v) is 15.8. The number of hydrogen-bond donors (Lipinski definition) is 0. The molecule has 0 bridgehead atoms. The number of benzene rings is 2. The average molecular weight is 348 g/mol. The third kappa shape index (κ3) is 3.88. The highest BCUT2D eigenvalue weighted by atomic mass is 16.5. The molecule has 134 valence electrons. The second kappa shape index (κ2) is 7.61. The van der Waals surface area contributed by atoms with Crippen LogP contribution >= 0.6 is 0 Å². The number of rotatable bonds is 5. The Hall–Kier alpha value is -2.81. The lowest BCUT2D eigenvalue weighted by molar-refractivity contribution is 0.365. The van der Waals surface area contributed by atoms with Crippen molar-refractivity contribution in [2.45, 2.75) is 34.1 Å². The molecule has 0 saturated carbocycles. The maximum atomic E-state index is 12.6. The molecule has 0 radical (unpaired) electrons. The minimum Gasteiger partial charge on any atom is -0.489 e. The van der Waals surface area contributed by atoms with Crippen LogP contribution in [0, 0.1) is 13.8 Å². The Bertz CT molecular complexity index is 1010. The minimum atomic E-state index is -0.278. The fourth-order valence-corrected chi connectivity index (χ4v) is 3.05. The fourth-order valence-electron chi connectivity index (χ4n) is 3.05. The summed E-state index contributed by atoms with van der Waals surface area (Å²) >= 11 is 0. The molecule has 0 unspecified atom stereocenters. The zero-order valence-electron chi connectivity index (χ0n) is 15.8. The highest BCUT2D eigenvalue weighted by Crippen LogP contribution is 2.31. The van der Waals surface area contributed by atoms with Crippen molar-refractivity contribution in [2.24, 2.45) is 0 Å². The standard InChI is InChI=1S/C23H24O3/c1-15(2)10-11-25-20-12-16(3)13-21-22(20)17(4)19(23(24)26-21)14-18-8-6-5-7-9-18/h5-10,12-13H,11,14H2,1-4H3. The molecule has 0 spiro atoms. The lowest BCUT2D eigenvalue weighted by Gasteiger charge is -2.13. The Morgan fingerprint density at radius 1 is 1.12 bits per heavy atom. The molecule has 3 nitrogen and oxygen atoms in total. The van der Waals surface area contributed by atoms with Crippen molar-refractivity contribution in [1.29, 1.82) is 0 Å². The Labute approximate surface area is 153 Å². The van der Waals surface area contributed by atoms with Crippen LogP contribution in [0.15, 0.2) is 63.3 Å². The Morgan fingerprint density at radius 3 is 2.54 bits per heavy atom. The maximum absolute atomic E-state index is 12.6. The lowest BCUT2D eigenvalue weighted by atomic mass is 9.98. The van der Waals surface area contributed by atoms with E-state index >= 15 is 0 Å². The van der Waals surface area contributed by atoms with Crippen LogP contribution in [0.2, 0.25) is 0 Å². The number of ether oxygens (including phenoxy) is 1. The molecule has 26 heavy (non-hydrogen) atoms. The van der Waals surface area contributed by atoms with E-state index in [4.69, 9.17) is 9.15 Å². The van der Waals surface area contributed by atoms with Gasteiger partial charge < -0.3 is 9.15 Å². The Morgan fingerprint density at radius 2 is 1.85 bits per heavy atom. The third-order valence-electron chi connectivity index (χ3n) is 4.44. The Kier molecular flexibility index (Phi) is 5.27. The monoisotopic (exact) mass is 348 g/mol. The molecule has 3 aromatic rings. The van der Waals surface area contributed by atoms with E-state index in [1.807, 2.05) is 76.2 Å². The summed E-state index contributed by atoms with van der Waals surface area (Å²) in [5, 5.41) is 0.878. The maximum Gasteiger partial charge on any atom is 0.340 e. The normalized spacial score (nSPS) is 10.8. The molecule has 3 rings (SSSR count). The first kappa shape index (κ1) is 18.0. The number of fused-ring (bicyclic) bond motifs is 1. The molecule has 0 fully saturated rings. The van der Waals surface area contributed by atoms with Gasteiger partial charge in [-0.3, -0.25) is 0 Å². The molecule has 0 atom stereocenters. The van der Waals surface area contributed by atoms with Gasteiger partial charge in [-0.05, 0) is 62.6 Å². The van der Waals surface area contributed by atoms with Crippen molar-refractivity contribution in [3.63, 3.8) is 0 Å². The van der Waals surface area contributed by atoms with Crippen molar-refractivity contribution >= 4 is 11.0 Å². The summed E-state index contributed by atoms with van der Waals surface area (Å²) in [5.74, 6) is 0.757. The van der Waals surface area contributed by atoms with E-state index < -0.39 is 0 Å². The van der Waals surface area contributed by atoms with Gasteiger partial charge in [0.1, 0.15) is 17.9 Å². The second-order valence-corrected chi connectivity index (χ2v) is 6.88. The SMILES string of the molecule is CC(C)=CCOc1cc(C)cc2oc(=O)c(Cc3ccccc3)c(C)c12. The summed E-state index contributed by atoms with van der Waals surface area (Å²) in [4.78, 5) is 12.6. The van der Waals surface area contributed by atoms with Crippen LogP contribution in [0.1, 0.15) is 36.1 Å². The quantitative estimate of drug-likeness (QED) is 0.461. The fraction of sp³-hybridized carbons (Fsp3) is 0.261. The lowest BCUT2D eigenvalue weighted by Crippen LogP contribution is -2.11. The van der Waals surface area contributed by atoms with Crippen molar-refractivity contribution in [1.82, 2.24) is 0 Å². The first-order chi connectivity index (χ1) is 12.5. The highest BCUT2D eigenvalue weighted by Gasteiger charge is 2.16. The molecule has 0 amide bonds. The molecular weight excluding hydrogens is 324 g/mol. The predicted molar refractivity (Wildman–Crippen MR) is 106 cm³/mol. The summed E-state index contributed by atoms with van der Waals surface area (Å²) in [6.07, 6.45) is 2.58. The van der Waals surface area contributed by atoms with Crippen LogP contribution in [0.5, 0.6) is 5.75 Å². The molecule has 3 heteroatoms. The number of hydrogen-bond acceptors (Lipinski definition) is 3. The third-order valence-corrected chi connectivity index (χ3v) is 4.44. The first-order valence-electron chi connectivity index (χ1n) is 8.82. The molecule has 1 aromatic heterocycles. The topological polar surface area (TPSA) is 39.4 Å². The van der Waals surface area contributed by atoms with Gasteiger partial charge in [0.15, 0.2) is 0 Å². The number of aryl methyl sites for hydroxylation is 2. The van der Waals surface area contributed by atoms with E-state index in [1.54, 1.807) is 0 Å². The minimum absolute atomic E-state index is 0.278. The van der Waals surface area contributed by atoms with Gasteiger partial charge in [0, 0.05) is 12.0 Å². The van der Waals surface area contributed by atoms with E-state index in [-0.39, 0.29) is 5.63 Å². The van der Waals surface area contributed by atoms with Crippen LogP contribution in [0.4, 0.5) is 0 Å². The smallest absolute Gasteiger partial charge is 0.340 e. The summed E-state index contributed by atoms with van der Waals surface area (Å²) < 4.78 is 11.6. The van der Waals surface area contributed by atoms with Crippen molar-refractivity contribution in [3.05, 3.63) is 86.8 Å². The van der Waals surface area contributed by atoms with Gasteiger partial charge in [-0.1, -0.05) is 35.9 Å². The molecule has 0 aliphatic rings. The van der Waals surface area contributed by atoms with Crippen LogP contribution in [0.3, 0.4) is 0 Å². The van der Waals surface area contributed by atoms with Gasteiger partial charge >= 0.3 is 5.63 Å². The van der Waals surface area contributed by atoms with Gasteiger partial charge in [-0.25, -0.2) is 4.79 Å². The number of allylic oxidation sites excluding steroid dienone is 1. The van der Waals surface area contributed by atoms with Gasteiger partial charge in [0.05, 0.1) is 5.39 Å². The van der Waals surface area contributed by atoms with Crippen LogP contribution < -0.4 is 10.4 Å². The molecule has 0 aliphatic heterocycles. The molecule has 2 aromatic carbocycles. The molecule has 0 saturated heterocycles. The average Bonchev–Trinajstić information content (AvgIpc) is 2.58. The van der Waals surface area contributed by atoms with E-state index in [2.05, 4.69) is 0 Å². The summed E-state index contributed by atoms with van der Waals surface area (Å²) in [5.41, 5.74) is 5.20. The summed E-state index contributed by atoms with van der Waals surface area (Å²) in [6.45, 7) is 8.52. The van der Waals surface area contributed by atoms with E-state index in [1.165, 1.54) is 5.57 Å². The van der Waals surface area contributed by atoms with E-state index in [9.17, 15) is 4.79 Å². The molecule has 0 aliphatic carbocycles. The van der Waals surface area contributed by atoms with Crippen LogP contribution in [-0.2, 0) is 6.42 Å². The van der Waals surface area contributed by atoms with Crippen molar-refractivity contribution < 1.29 is 9.15 Å². The van der Waals surface area contributed by atoms with Crippen LogP contribution in [-0.4, -0.2) is 6.61 Å². The highest BCUT2D eigenvalue weighted by molar-refractivity contribution is 5.88. The van der Waals surface area contributed by atoms with Gasteiger partial charge in [-0.15, -0.1) is 0 Å². The summed E-state index contributed by atoms with van der Waals surface area (Å²) in [6, 6.07) is 13.9. The predicted octanol–water partition coefficient (Wildman–Crippen LogP) is 5.35. The van der Waals surface area contributed by atoms with Crippen molar-refractivity contribution in [3.8, 4) is 5.75 Å².